The summed E-state index contributed by atoms with van der Waals surface area (Å²) in [6.07, 6.45) is 0. The summed E-state index contributed by atoms with van der Waals surface area (Å²) in [4.78, 5) is 0. The van der Waals surface area contributed by atoms with Gasteiger partial charge >= 0.3 is 0 Å². The van der Waals surface area contributed by atoms with E-state index in [0.29, 0.717) is 5.75 Å². The van der Waals surface area contributed by atoms with Crippen LogP contribution in [0, 0.1) is 0 Å². The van der Waals surface area contributed by atoms with Crippen LogP contribution in [0.15, 0.2) is 109 Å². The SMILES string of the molecule is Oc1ccc(C(c2ccccc2)c2ccccc2)cc1-c1ccccc1. The van der Waals surface area contributed by atoms with Crippen LogP contribution in [0.5, 0.6) is 5.75 Å². The first kappa shape index (κ1) is 16.2. The van der Waals surface area contributed by atoms with Crippen molar-refractivity contribution in [2.75, 3.05) is 0 Å². The second-order valence-electron chi connectivity index (χ2n) is 6.40. The smallest absolute Gasteiger partial charge is 0.123 e. The Balaban J connectivity index is 1.87. The molecule has 4 rings (SSSR count). The lowest BCUT2D eigenvalue weighted by Gasteiger charge is -2.20. The Morgan fingerprint density at radius 2 is 1.00 bits per heavy atom. The van der Waals surface area contributed by atoms with E-state index in [1.54, 1.807) is 6.07 Å². The number of hydrogen-bond donors (Lipinski definition) is 1. The third kappa shape index (κ3) is 3.25. The lowest BCUT2D eigenvalue weighted by atomic mass is 9.84. The molecule has 4 aromatic rings. The molecule has 126 valence electrons. The molecular formula is C25H20O. The minimum Gasteiger partial charge on any atom is -0.507 e. The Morgan fingerprint density at radius 3 is 1.54 bits per heavy atom. The lowest BCUT2D eigenvalue weighted by Crippen LogP contribution is -2.03. The maximum Gasteiger partial charge on any atom is 0.123 e. The van der Waals surface area contributed by atoms with Crippen LogP contribution in [0.1, 0.15) is 22.6 Å². The van der Waals surface area contributed by atoms with Crippen molar-refractivity contribution in [1.29, 1.82) is 0 Å². The summed E-state index contributed by atoms with van der Waals surface area (Å²) in [6, 6.07) is 37.0. The monoisotopic (exact) mass is 336 g/mol. The van der Waals surface area contributed by atoms with Crippen molar-refractivity contribution in [3.05, 3.63) is 126 Å². The molecule has 0 aromatic heterocycles. The standard InChI is InChI=1S/C25H20O/c26-24-17-16-22(18-23(24)19-10-4-1-5-11-19)25(20-12-6-2-7-13-20)21-14-8-3-9-15-21/h1-18,25-26H. The van der Waals surface area contributed by atoms with E-state index < -0.39 is 0 Å². The van der Waals surface area contributed by atoms with Crippen molar-refractivity contribution in [3.8, 4) is 16.9 Å². The number of benzene rings is 4. The number of aromatic hydroxyl groups is 1. The molecule has 0 fully saturated rings. The van der Waals surface area contributed by atoms with Crippen molar-refractivity contribution in [3.63, 3.8) is 0 Å². The van der Waals surface area contributed by atoms with Gasteiger partial charge in [0.2, 0.25) is 0 Å². The number of hydrogen-bond acceptors (Lipinski definition) is 1. The molecule has 0 saturated carbocycles. The van der Waals surface area contributed by atoms with E-state index in [0.717, 1.165) is 11.1 Å². The zero-order chi connectivity index (χ0) is 17.8. The lowest BCUT2D eigenvalue weighted by molar-refractivity contribution is 0.477. The summed E-state index contributed by atoms with van der Waals surface area (Å²) in [5, 5.41) is 10.4. The summed E-state index contributed by atoms with van der Waals surface area (Å²) in [5.74, 6) is 0.431. The van der Waals surface area contributed by atoms with Gasteiger partial charge in [0.1, 0.15) is 5.75 Å². The fourth-order valence-electron chi connectivity index (χ4n) is 3.45. The first-order valence-electron chi connectivity index (χ1n) is 8.81. The van der Waals surface area contributed by atoms with E-state index in [-0.39, 0.29) is 5.92 Å². The van der Waals surface area contributed by atoms with Crippen molar-refractivity contribution in [1.82, 2.24) is 0 Å². The van der Waals surface area contributed by atoms with Gasteiger partial charge in [-0.25, -0.2) is 0 Å². The Morgan fingerprint density at radius 1 is 0.500 bits per heavy atom. The first-order valence-corrected chi connectivity index (χ1v) is 8.81. The molecule has 0 radical (unpaired) electrons. The molecule has 4 aromatic carbocycles. The second-order valence-corrected chi connectivity index (χ2v) is 6.40. The zero-order valence-electron chi connectivity index (χ0n) is 14.4. The highest BCUT2D eigenvalue weighted by Gasteiger charge is 2.18. The van der Waals surface area contributed by atoms with Gasteiger partial charge in [-0.3, -0.25) is 0 Å². The van der Waals surface area contributed by atoms with Gasteiger partial charge in [0.15, 0.2) is 0 Å². The van der Waals surface area contributed by atoms with Crippen LogP contribution in [-0.2, 0) is 0 Å². The predicted molar refractivity (Wildman–Crippen MR) is 107 cm³/mol. The molecule has 0 heterocycles. The van der Waals surface area contributed by atoms with E-state index in [1.165, 1.54) is 16.7 Å². The minimum absolute atomic E-state index is 0.125. The first-order chi connectivity index (χ1) is 12.8. The fourth-order valence-corrected chi connectivity index (χ4v) is 3.45. The third-order valence-corrected chi connectivity index (χ3v) is 4.70. The van der Waals surface area contributed by atoms with E-state index in [9.17, 15) is 5.11 Å². The van der Waals surface area contributed by atoms with Gasteiger partial charge < -0.3 is 5.11 Å². The molecule has 0 atom stereocenters. The Bertz CT molecular complexity index is 937. The predicted octanol–water partition coefficient (Wildman–Crippen LogP) is 6.24. The average molecular weight is 336 g/mol. The number of phenolic OH excluding ortho intramolecular Hbond substituents is 1. The molecule has 0 aliphatic carbocycles. The van der Waals surface area contributed by atoms with Crippen molar-refractivity contribution >= 4 is 0 Å². The molecule has 0 unspecified atom stereocenters. The summed E-state index contributed by atoms with van der Waals surface area (Å²) in [6.45, 7) is 0. The van der Waals surface area contributed by atoms with Crippen molar-refractivity contribution < 1.29 is 5.11 Å². The molecule has 0 amide bonds. The Labute approximate surface area is 154 Å². The topological polar surface area (TPSA) is 20.2 Å². The van der Waals surface area contributed by atoms with E-state index in [2.05, 4.69) is 54.6 Å². The van der Waals surface area contributed by atoms with Gasteiger partial charge in [-0.05, 0) is 34.4 Å². The van der Waals surface area contributed by atoms with Crippen LogP contribution in [0.25, 0.3) is 11.1 Å². The Kier molecular flexibility index (Phi) is 4.53. The van der Waals surface area contributed by atoms with E-state index in [1.807, 2.05) is 48.5 Å². The van der Waals surface area contributed by atoms with Crippen molar-refractivity contribution in [2.45, 2.75) is 5.92 Å². The van der Waals surface area contributed by atoms with Crippen LogP contribution in [0.2, 0.25) is 0 Å². The van der Waals surface area contributed by atoms with E-state index in [4.69, 9.17) is 0 Å². The summed E-state index contributed by atoms with van der Waals surface area (Å²) in [7, 11) is 0. The van der Waals surface area contributed by atoms with Crippen LogP contribution in [0.3, 0.4) is 0 Å². The highest BCUT2D eigenvalue weighted by molar-refractivity contribution is 5.71. The average Bonchev–Trinajstić information content (AvgIpc) is 2.72. The van der Waals surface area contributed by atoms with Gasteiger partial charge in [0.05, 0.1) is 0 Å². The Hall–Kier alpha value is -3.32. The number of rotatable bonds is 4. The van der Waals surface area contributed by atoms with Crippen LogP contribution in [-0.4, -0.2) is 5.11 Å². The van der Waals surface area contributed by atoms with Gasteiger partial charge in [-0.15, -0.1) is 0 Å². The molecule has 0 aliphatic heterocycles. The fraction of sp³-hybridized carbons (Fsp3) is 0.0400. The molecule has 0 aliphatic rings. The highest BCUT2D eigenvalue weighted by Crippen LogP contribution is 2.37. The molecule has 1 nitrogen and oxygen atoms in total. The van der Waals surface area contributed by atoms with Crippen LogP contribution >= 0.6 is 0 Å². The highest BCUT2D eigenvalue weighted by atomic mass is 16.3. The summed E-state index contributed by atoms with van der Waals surface area (Å²) in [5.41, 5.74) is 5.53. The van der Waals surface area contributed by atoms with Gasteiger partial charge in [0, 0.05) is 11.5 Å². The van der Waals surface area contributed by atoms with Gasteiger partial charge in [-0.2, -0.15) is 0 Å². The maximum absolute atomic E-state index is 10.4. The summed E-state index contributed by atoms with van der Waals surface area (Å²) >= 11 is 0. The third-order valence-electron chi connectivity index (χ3n) is 4.70. The molecule has 26 heavy (non-hydrogen) atoms. The normalized spacial score (nSPS) is 10.8. The van der Waals surface area contributed by atoms with Crippen LogP contribution in [0.4, 0.5) is 0 Å². The molecule has 0 bridgehead atoms. The quantitative estimate of drug-likeness (QED) is 0.437. The molecule has 1 N–H and O–H groups in total. The zero-order valence-corrected chi connectivity index (χ0v) is 14.4. The number of phenols is 1. The van der Waals surface area contributed by atoms with Gasteiger partial charge in [0.25, 0.3) is 0 Å². The summed E-state index contributed by atoms with van der Waals surface area (Å²) < 4.78 is 0. The molecule has 1 heteroatoms. The maximum atomic E-state index is 10.4. The second kappa shape index (κ2) is 7.28. The molecular weight excluding hydrogens is 316 g/mol. The van der Waals surface area contributed by atoms with Crippen LogP contribution < -0.4 is 0 Å². The van der Waals surface area contributed by atoms with E-state index >= 15 is 0 Å². The molecule has 0 spiro atoms. The van der Waals surface area contributed by atoms with Crippen molar-refractivity contribution in [2.24, 2.45) is 0 Å². The van der Waals surface area contributed by atoms with Gasteiger partial charge in [-0.1, -0.05) is 97.1 Å². The largest absolute Gasteiger partial charge is 0.507 e. The molecule has 0 saturated heterocycles. The minimum atomic E-state index is 0.125.